The van der Waals surface area contributed by atoms with Gasteiger partial charge in [-0.3, -0.25) is 0 Å². The van der Waals surface area contributed by atoms with Gasteiger partial charge in [-0.25, -0.2) is 0 Å². The molecule has 70 valence electrons. The maximum absolute atomic E-state index is 10.8. The summed E-state index contributed by atoms with van der Waals surface area (Å²) in [5.74, 6) is 1.82. The maximum Gasteiger partial charge on any atom is 0.133 e. The molecule has 0 radical (unpaired) electrons. The zero-order chi connectivity index (χ0) is 9.47. The Bertz CT molecular complexity index is 339. The van der Waals surface area contributed by atoms with E-state index >= 15 is 0 Å². The average Bonchev–Trinajstić information content (AvgIpc) is 2.85. The third-order valence-electron chi connectivity index (χ3n) is 2.84. The Morgan fingerprint density at radius 3 is 2.62 bits per heavy atom. The van der Waals surface area contributed by atoms with Crippen LogP contribution in [0.15, 0.2) is 0 Å². The summed E-state index contributed by atoms with van der Waals surface area (Å²) in [5, 5.41) is 8.00. The smallest absolute Gasteiger partial charge is 0.133 e. The maximum atomic E-state index is 10.8. The Morgan fingerprint density at radius 2 is 2.23 bits per heavy atom. The molecule has 0 N–H and O–H groups in total. The van der Waals surface area contributed by atoms with Crippen molar-refractivity contribution in [2.75, 3.05) is 0 Å². The van der Waals surface area contributed by atoms with Crippen LogP contribution in [0.4, 0.5) is 0 Å². The number of carbonyl (C=O) groups is 1. The van der Waals surface area contributed by atoms with Gasteiger partial charge in [-0.05, 0) is 19.8 Å². The van der Waals surface area contributed by atoms with E-state index in [9.17, 15) is 4.79 Å². The molecule has 1 aliphatic carbocycles. The molecule has 2 rings (SSSR count). The van der Waals surface area contributed by atoms with Crippen molar-refractivity contribution in [3.8, 4) is 0 Å². The number of aldehydes is 1. The molecule has 0 spiro atoms. The molecule has 1 aliphatic rings. The Hall–Kier alpha value is -1.19. The standard InChI is InChI=1S/C9H13N3O/c1-7-10-11-8(12(7)2)5-9(6-13)3-4-9/h6H,3-5H2,1-2H3. The highest BCUT2D eigenvalue weighted by Gasteiger charge is 2.43. The first kappa shape index (κ1) is 8.41. The molecule has 1 fully saturated rings. The van der Waals surface area contributed by atoms with Crippen LogP contribution in [0, 0.1) is 12.3 Å². The third kappa shape index (κ3) is 1.36. The van der Waals surface area contributed by atoms with Crippen LogP contribution in [0.3, 0.4) is 0 Å². The van der Waals surface area contributed by atoms with Gasteiger partial charge in [0.1, 0.15) is 17.9 Å². The molecule has 13 heavy (non-hydrogen) atoms. The van der Waals surface area contributed by atoms with Crippen molar-refractivity contribution in [2.45, 2.75) is 26.2 Å². The van der Waals surface area contributed by atoms with Crippen molar-refractivity contribution in [1.82, 2.24) is 14.8 Å². The van der Waals surface area contributed by atoms with E-state index in [1.165, 1.54) is 0 Å². The summed E-state index contributed by atoms with van der Waals surface area (Å²) in [6.45, 7) is 1.91. The topological polar surface area (TPSA) is 47.8 Å². The highest BCUT2D eigenvalue weighted by Crippen LogP contribution is 2.45. The highest BCUT2D eigenvalue weighted by atomic mass is 16.1. The lowest BCUT2D eigenvalue weighted by atomic mass is 10.0. The summed E-state index contributed by atoms with van der Waals surface area (Å²) in [7, 11) is 1.94. The van der Waals surface area contributed by atoms with E-state index in [1.807, 2.05) is 18.5 Å². The molecule has 0 aliphatic heterocycles. The van der Waals surface area contributed by atoms with E-state index in [2.05, 4.69) is 10.2 Å². The van der Waals surface area contributed by atoms with Gasteiger partial charge < -0.3 is 9.36 Å². The average molecular weight is 179 g/mol. The van der Waals surface area contributed by atoms with Gasteiger partial charge in [-0.1, -0.05) is 0 Å². The van der Waals surface area contributed by atoms with Crippen molar-refractivity contribution in [3.05, 3.63) is 11.6 Å². The molecule has 0 atom stereocenters. The van der Waals surface area contributed by atoms with Gasteiger partial charge in [-0.2, -0.15) is 0 Å². The number of rotatable bonds is 3. The molecular formula is C9H13N3O. The Morgan fingerprint density at radius 1 is 1.54 bits per heavy atom. The first-order chi connectivity index (χ1) is 6.17. The van der Waals surface area contributed by atoms with Gasteiger partial charge in [0, 0.05) is 18.9 Å². The fraction of sp³-hybridized carbons (Fsp3) is 0.667. The molecule has 4 heteroatoms. The van der Waals surface area contributed by atoms with Crippen LogP contribution < -0.4 is 0 Å². The van der Waals surface area contributed by atoms with E-state index in [4.69, 9.17) is 0 Å². The molecule has 0 aromatic carbocycles. The predicted octanol–water partition coefficient (Wildman–Crippen LogP) is 0.645. The van der Waals surface area contributed by atoms with Gasteiger partial charge in [0.05, 0.1) is 0 Å². The lowest BCUT2D eigenvalue weighted by molar-refractivity contribution is -0.112. The number of hydrogen-bond donors (Lipinski definition) is 0. The van der Waals surface area contributed by atoms with Crippen molar-refractivity contribution in [2.24, 2.45) is 12.5 Å². The first-order valence-electron chi connectivity index (χ1n) is 4.48. The first-order valence-corrected chi connectivity index (χ1v) is 4.48. The number of hydrogen-bond acceptors (Lipinski definition) is 3. The van der Waals surface area contributed by atoms with E-state index < -0.39 is 0 Å². The SMILES string of the molecule is Cc1nnc(CC2(C=O)CC2)n1C. The van der Waals surface area contributed by atoms with Crippen molar-refractivity contribution >= 4 is 6.29 Å². The van der Waals surface area contributed by atoms with E-state index in [1.54, 1.807) is 0 Å². The van der Waals surface area contributed by atoms with Crippen LogP contribution in [0.5, 0.6) is 0 Å². The number of aryl methyl sites for hydroxylation is 1. The molecule has 0 saturated heterocycles. The van der Waals surface area contributed by atoms with E-state index in [-0.39, 0.29) is 5.41 Å². The second-order valence-corrected chi connectivity index (χ2v) is 3.88. The summed E-state index contributed by atoms with van der Waals surface area (Å²) in [6.07, 6.45) is 3.82. The fourth-order valence-corrected chi connectivity index (χ4v) is 1.42. The van der Waals surface area contributed by atoms with Crippen LogP contribution in [0.25, 0.3) is 0 Å². The molecular weight excluding hydrogens is 166 g/mol. The largest absolute Gasteiger partial charge is 0.318 e. The second kappa shape index (κ2) is 2.65. The van der Waals surface area contributed by atoms with Gasteiger partial charge in [0.2, 0.25) is 0 Å². The molecule has 1 aromatic heterocycles. The summed E-state index contributed by atoms with van der Waals surface area (Å²) in [6, 6.07) is 0. The van der Waals surface area contributed by atoms with Gasteiger partial charge in [-0.15, -0.1) is 10.2 Å². The molecule has 1 heterocycles. The predicted molar refractivity (Wildman–Crippen MR) is 47.2 cm³/mol. The zero-order valence-corrected chi connectivity index (χ0v) is 7.95. The Balaban J connectivity index is 2.18. The quantitative estimate of drug-likeness (QED) is 0.640. The third-order valence-corrected chi connectivity index (χ3v) is 2.84. The lowest BCUT2D eigenvalue weighted by Gasteiger charge is -2.05. The molecule has 4 nitrogen and oxygen atoms in total. The minimum absolute atomic E-state index is 0.104. The second-order valence-electron chi connectivity index (χ2n) is 3.88. The Labute approximate surface area is 77.0 Å². The van der Waals surface area contributed by atoms with Gasteiger partial charge in [0.15, 0.2) is 0 Å². The molecule has 0 unspecified atom stereocenters. The van der Waals surface area contributed by atoms with E-state index in [0.29, 0.717) is 0 Å². The van der Waals surface area contributed by atoms with Crippen LogP contribution in [-0.4, -0.2) is 21.1 Å². The van der Waals surface area contributed by atoms with Crippen molar-refractivity contribution in [3.63, 3.8) is 0 Å². The van der Waals surface area contributed by atoms with Crippen LogP contribution in [0.1, 0.15) is 24.5 Å². The summed E-state index contributed by atoms with van der Waals surface area (Å²) < 4.78 is 1.95. The number of carbonyl (C=O) groups excluding carboxylic acids is 1. The van der Waals surface area contributed by atoms with Gasteiger partial charge >= 0.3 is 0 Å². The van der Waals surface area contributed by atoms with Gasteiger partial charge in [0.25, 0.3) is 0 Å². The number of aromatic nitrogens is 3. The highest BCUT2D eigenvalue weighted by molar-refractivity contribution is 5.63. The number of nitrogens with zero attached hydrogens (tertiary/aromatic N) is 3. The minimum atomic E-state index is -0.104. The summed E-state index contributed by atoms with van der Waals surface area (Å²) in [5.41, 5.74) is -0.104. The normalized spacial score (nSPS) is 18.6. The molecule has 1 aromatic rings. The fourth-order valence-electron chi connectivity index (χ4n) is 1.42. The summed E-state index contributed by atoms with van der Waals surface area (Å²) in [4.78, 5) is 10.8. The van der Waals surface area contributed by atoms with Crippen LogP contribution in [-0.2, 0) is 18.3 Å². The Kier molecular flexibility index (Phi) is 1.71. The van der Waals surface area contributed by atoms with Crippen LogP contribution >= 0.6 is 0 Å². The monoisotopic (exact) mass is 179 g/mol. The minimum Gasteiger partial charge on any atom is -0.318 e. The molecule has 0 bridgehead atoms. The van der Waals surface area contributed by atoms with Crippen molar-refractivity contribution in [1.29, 1.82) is 0 Å². The van der Waals surface area contributed by atoms with Crippen LogP contribution in [0.2, 0.25) is 0 Å². The summed E-state index contributed by atoms with van der Waals surface area (Å²) >= 11 is 0. The zero-order valence-electron chi connectivity index (χ0n) is 7.95. The van der Waals surface area contributed by atoms with Crippen molar-refractivity contribution < 1.29 is 4.79 Å². The lowest BCUT2D eigenvalue weighted by Crippen LogP contribution is -2.11. The van der Waals surface area contributed by atoms with E-state index in [0.717, 1.165) is 37.2 Å². The molecule has 1 saturated carbocycles. The molecule has 0 amide bonds.